The van der Waals surface area contributed by atoms with E-state index in [1.165, 1.54) is 12.1 Å². The second-order valence-electron chi connectivity index (χ2n) is 7.22. The van der Waals surface area contributed by atoms with Crippen LogP contribution in [0.4, 0.5) is 14.7 Å². The van der Waals surface area contributed by atoms with Crippen molar-refractivity contribution in [2.45, 2.75) is 19.9 Å². The van der Waals surface area contributed by atoms with E-state index in [1.54, 1.807) is 0 Å². The molecule has 0 saturated carbocycles. The number of nitrogens with one attached hydrogen (secondary N) is 1. The summed E-state index contributed by atoms with van der Waals surface area (Å²) in [7, 11) is 0. The van der Waals surface area contributed by atoms with Crippen molar-refractivity contribution in [1.82, 2.24) is 15.3 Å². The highest BCUT2D eigenvalue weighted by molar-refractivity contribution is 5.93. The fourth-order valence-corrected chi connectivity index (χ4v) is 3.65. The predicted octanol–water partition coefficient (Wildman–Crippen LogP) is 4.01. The Hall–Kier alpha value is -2.60. The van der Waals surface area contributed by atoms with Gasteiger partial charge in [-0.15, -0.1) is 0 Å². The van der Waals surface area contributed by atoms with Crippen LogP contribution in [0.15, 0.2) is 42.5 Å². The van der Waals surface area contributed by atoms with Crippen molar-refractivity contribution in [1.29, 1.82) is 0 Å². The number of halogens is 2. The molecule has 1 atom stereocenters. The third-order valence-electron chi connectivity index (χ3n) is 5.09. The van der Waals surface area contributed by atoms with E-state index in [0.717, 1.165) is 36.6 Å². The maximum atomic E-state index is 14.5. The molecule has 2 aromatic carbocycles. The van der Waals surface area contributed by atoms with Gasteiger partial charge >= 0.3 is 0 Å². The Kier molecular flexibility index (Phi) is 4.74. The summed E-state index contributed by atoms with van der Waals surface area (Å²) >= 11 is 0. The Morgan fingerprint density at radius 2 is 1.93 bits per heavy atom. The van der Waals surface area contributed by atoms with Crippen molar-refractivity contribution in [2.24, 2.45) is 5.92 Å². The van der Waals surface area contributed by atoms with Crippen LogP contribution in [0.5, 0.6) is 0 Å². The molecule has 4 nitrogen and oxygen atoms in total. The largest absolute Gasteiger partial charge is 0.335 e. The molecule has 0 spiro atoms. The van der Waals surface area contributed by atoms with E-state index in [4.69, 9.17) is 9.97 Å². The van der Waals surface area contributed by atoms with Crippen LogP contribution in [0.3, 0.4) is 0 Å². The Morgan fingerprint density at radius 1 is 1.11 bits per heavy atom. The third kappa shape index (κ3) is 3.37. The van der Waals surface area contributed by atoms with Gasteiger partial charge in [-0.2, -0.15) is 0 Å². The van der Waals surface area contributed by atoms with Crippen LogP contribution in [-0.2, 0) is 0 Å². The van der Waals surface area contributed by atoms with Gasteiger partial charge in [-0.1, -0.05) is 32.0 Å². The summed E-state index contributed by atoms with van der Waals surface area (Å²) in [6.07, 6.45) is 0. The molecule has 1 aliphatic heterocycles. The lowest BCUT2D eigenvalue weighted by atomic mass is 10.0. The van der Waals surface area contributed by atoms with Gasteiger partial charge in [0.2, 0.25) is 5.95 Å². The highest BCUT2D eigenvalue weighted by Gasteiger charge is 2.28. The number of para-hydroxylation sites is 1. The summed E-state index contributed by atoms with van der Waals surface area (Å²) in [4.78, 5) is 11.7. The monoisotopic (exact) mass is 368 g/mol. The minimum atomic E-state index is -0.620. The summed E-state index contributed by atoms with van der Waals surface area (Å²) in [6, 6.07) is 11.4. The Balaban J connectivity index is 1.91. The summed E-state index contributed by atoms with van der Waals surface area (Å²) < 4.78 is 27.9. The van der Waals surface area contributed by atoms with Crippen LogP contribution in [-0.4, -0.2) is 35.6 Å². The number of anilines is 1. The van der Waals surface area contributed by atoms with Crippen molar-refractivity contribution < 1.29 is 8.78 Å². The van der Waals surface area contributed by atoms with Crippen LogP contribution in [0.25, 0.3) is 22.2 Å². The second kappa shape index (κ2) is 7.19. The molecule has 1 aromatic heterocycles. The quantitative estimate of drug-likeness (QED) is 0.758. The molecule has 1 unspecified atom stereocenters. The number of rotatable bonds is 3. The molecule has 3 aromatic rings. The van der Waals surface area contributed by atoms with Crippen molar-refractivity contribution in [3.05, 3.63) is 54.1 Å². The lowest BCUT2D eigenvalue weighted by Gasteiger charge is -2.38. The lowest BCUT2D eigenvalue weighted by molar-refractivity contribution is 0.386. The first-order valence-electron chi connectivity index (χ1n) is 9.24. The van der Waals surface area contributed by atoms with Crippen LogP contribution in [0.2, 0.25) is 0 Å². The lowest BCUT2D eigenvalue weighted by Crippen LogP contribution is -2.54. The van der Waals surface area contributed by atoms with Crippen molar-refractivity contribution >= 4 is 16.9 Å². The van der Waals surface area contributed by atoms with Crippen LogP contribution in [0.1, 0.15) is 13.8 Å². The molecular weight excluding hydrogens is 346 g/mol. The molecule has 1 N–H and O–H groups in total. The van der Waals surface area contributed by atoms with Gasteiger partial charge < -0.3 is 10.2 Å². The Labute approximate surface area is 157 Å². The molecular formula is C21H22F2N4. The first-order chi connectivity index (χ1) is 13.0. The van der Waals surface area contributed by atoms with E-state index in [-0.39, 0.29) is 11.6 Å². The average Bonchev–Trinajstić information content (AvgIpc) is 2.67. The van der Waals surface area contributed by atoms with E-state index < -0.39 is 11.6 Å². The summed E-state index contributed by atoms with van der Waals surface area (Å²) in [6.45, 7) is 6.83. The van der Waals surface area contributed by atoms with Crippen LogP contribution >= 0.6 is 0 Å². The fraction of sp³-hybridized carbons (Fsp3) is 0.333. The van der Waals surface area contributed by atoms with Crippen molar-refractivity contribution in [2.75, 3.05) is 24.5 Å². The molecule has 1 aliphatic rings. The normalized spacial score (nSPS) is 17.7. The minimum Gasteiger partial charge on any atom is -0.335 e. The molecule has 1 fully saturated rings. The second-order valence-corrected chi connectivity index (χ2v) is 7.22. The molecule has 0 amide bonds. The van der Waals surface area contributed by atoms with Gasteiger partial charge in [0.25, 0.3) is 0 Å². The van der Waals surface area contributed by atoms with Crippen LogP contribution in [0, 0.1) is 17.6 Å². The Morgan fingerprint density at radius 3 is 2.70 bits per heavy atom. The number of piperazine rings is 1. The molecule has 0 radical (unpaired) electrons. The number of hydrogen-bond donors (Lipinski definition) is 1. The summed E-state index contributed by atoms with van der Waals surface area (Å²) in [5, 5.41) is 4.17. The van der Waals surface area contributed by atoms with E-state index in [0.29, 0.717) is 17.6 Å². The first-order valence-corrected chi connectivity index (χ1v) is 9.24. The van der Waals surface area contributed by atoms with Gasteiger partial charge in [-0.05, 0) is 24.1 Å². The molecule has 27 heavy (non-hydrogen) atoms. The van der Waals surface area contributed by atoms with Gasteiger partial charge in [0.05, 0.1) is 11.2 Å². The van der Waals surface area contributed by atoms with E-state index in [9.17, 15) is 8.78 Å². The minimum absolute atomic E-state index is 0.255. The molecule has 140 valence electrons. The zero-order chi connectivity index (χ0) is 19.0. The van der Waals surface area contributed by atoms with Crippen molar-refractivity contribution in [3.8, 4) is 11.3 Å². The average molecular weight is 368 g/mol. The smallest absolute Gasteiger partial charge is 0.226 e. The zero-order valence-corrected chi connectivity index (χ0v) is 15.4. The van der Waals surface area contributed by atoms with E-state index >= 15 is 0 Å². The molecule has 6 heteroatoms. The predicted molar refractivity (Wildman–Crippen MR) is 104 cm³/mol. The number of benzene rings is 2. The maximum absolute atomic E-state index is 14.5. The number of nitrogens with zero attached hydrogens (tertiary/aromatic N) is 3. The standard InChI is InChI=1S/C21H22F2N4/c1-13(2)19-12-24-9-10-27(19)21-25-18-6-4-3-5-16(18)20(26-21)15-8-7-14(22)11-17(15)23/h3-8,11,13,19,24H,9-10,12H2,1-2H3. The molecule has 0 bridgehead atoms. The van der Waals surface area contributed by atoms with Crippen LogP contribution < -0.4 is 10.2 Å². The Bertz CT molecular complexity index is 974. The zero-order valence-electron chi connectivity index (χ0n) is 15.4. The first kappa shape index (κ1) is 17.8. The number of aromatic nitrogens is 2. The molecule has 2 heterocycles. The molecule has 4 rings (SSSR count). The fourth-order valence-electron chi connectivity index (χ4n) is 3.65. The number of hydrogen-bond acceptors (Lipinski definition) is 4. The van der Waals surface area contributed by atoms with Crippen molar-refractivity contribution in [3.63, 3.8) is 0 Å². The third-order valence-corrected chi connectivity index (χ3v) is 5.09. The van der Waals surface area contributed by atoms with Gasteiger partial charge in [-0.3, -0.25) is 0 Å². The maximum Gasteiger partial charge on any atom is 0.226 e. The topological polar surface area (TPSA) is 41.0 Å². The van der Waals surface area contributed by atoms with Gasteiger partial charge in [0.15, 0.2) is 0 Å². The van der Waals surface area contributed by atoms with E-state index in [2.05, 4.69) is 24.1 Å². The molecule has 0 aliphatic carbocycles. The van der Waals surface area contributed by atoms with Gasteiger partial charge in [0.1, 0.15) is 11.6 Å². The highest BCUT2D eigenvalue weighted by atomic mass is 19.1. The summed E-state index contributed by atoms with van der Waals surface area (Å²) in [5.41, 5.74) is 1.53. The van der Waals surface area contributed by atoms with E-state index in [1.807, 2.05) is 24.3 Å². The highest BCUT2D eigenvalue weighted by Crippen LogP contribution is 2.31. The SMILES string of the molecule is CC(C)C1CNCCN1c1nc(-c2ccc(F)cc2F)c2ccccc2n1. The molecule has 1 saturated heterocycles. The number of fused-ring (bicyclic) bond motifs is 1. The van der Waals surface area contributed by atoms with Gasteiger partial charge in [0, 0.05) is 42.7 Å². The summed E-state index contributed by atoms with van der Waals surface area (Å²) in [5.74, 6) is -0.214. The van der Waals surface area contributed by atoms with Gasteiger partial charge in [-0.25, -0.2) is 18.7 Å².